The molecule has 0 amide bonds. The van der Waals surface area contributed by atoms with Crippen LogP contribution in [0, 0.1) is 28.6 Å². The molecule has 0 unspecified atom stereocenters. The van der Waals surface area contributed by atoms with Crippen LogP contribution in [-0.2, 0) is 23.8 Å². The third-order valence-electron chi connectivity index (χ3n) is 9.52. The van der Waals surface area contributed by atoms with Gasteiger partial charge in [0, 0.05) is 49.8 Å². The molecule has 3 aliphatic carbocycles. The van der Waals surface area contributed by atoms with Gasteiger partial charge >= 0.3 is 5.97 Å². The lowest BCUT2D eigenvalue weighted by atomic mass is 9.50. The minimum Gasteiger partial charge on any atom is -0.469 e. The first-order valence-electron chi connectivity index (χ1n) is 11.6. The number of likely N-dealkylation sites (tertiary alicyclic amines) is 1. The van der Waals surface area contributed by atoms with Crippen LogP contribution in [0.25, 0.3) is 0 Å². The number of methoxy groups -OCH3 is 2. The van der Waals surface area contributed by atoms with Crippen LogP contribution >= 0.6 is 0 Å². The molecule has 1 saturated carbocycles. The van der Waals surface area contributed by atoms with Crippen molar-refractivity contribution >= 4 is 11.8 Å². The van der Waals surface area contributed by atoms with E-state index in [-0.39, 0.29) is 34.4 Å². The zero-order chi connectivity index (χ0) is 21.3. The number of nitrogens with zero attached hydrogens (tertiary/aromatic N) is 1. The van der Waals surface area contributed by atoms with Gasteiger partial charge in [-0.05, 0) is 50.6 Å². The predicted octanol–water partition coefficient (Wildman–Crippen LogP) is 2.96. The van der Waals surface area contributed by atoms with Crippen molar-refractivity contribution in [1.82, 2.24) is 4.90 Å². The highest BCUT2D eigenvalue weighted by atomic mass is 16.7. The molecule has 2 heterocycles. The number of Topliss-reactive ketones (excluding diaryl/α,β-unsaturated/α-hetero) is 1. The Balaban J connectivity index is 1.65. The normalized spacial score (nSPS) is 45.6. The second kappa shape index (κ2) is 6.88. The summed E-state index contributed by atoms with van der Waals surface area (Å²) >= 11 is 0. The Labute approximate surface area is 179 Å². The second-order valence-corrected chi connectivity index (χ2v) is 10.4. The van der Waals surface area contributed by atoms with Crippen molar-refractivity contribution in [2.45, 2.75) is 57.7 Å². The van der Waals surface area contributed by atoms with E-state index in [1.807, 2.05) is 0 Å². The van der Waals surface area contributed by atoms with E-state index >= 15 is 0 Å². The van der Waals surface area contributed by atoms with E-state index in [2.05, 4.69) is 18.9 Å². The molecule has 2 saturated heterocycles. The summed E-state index contributed by atoms with van der Waals surface area (Å²) in [7, 11) is 5.42. The molecular weight excluding hydrogens is 382 g/mol. The van der Waals surface area contributed by atoms with Gasteiger partial charge in [0.2, 0.25) is 0 Å². The van der Waals surface area contributed by atoms with E-state index in [0.717, 1.165) is 57.2 Å². The Bertz CT molecular complexity index is 789. The smallest absolute Gasteiger partial charge is 0.309 e. The quantitative estimate of drug-likeness (QED) is 0.658. The summed E-state index contributed by atoms with van der Waals surface area (Å²) in [4.78, 5) is 28.3. The highest BCUT2D eigenvalue weighted by Crippen LogP contribution is 2.71. The van der Waals surface area contributed by atoms with E-state index in [9.17, 15) is 9.59 Å². The standard InChI is InChI=1S/C24H35NO5/c1-5-24(29-4)9-8-22(14-30-24)15-6-7-16-19(26)10-17-18(21(27)28-3)11-23(22,20(16)17)13-25(2)12-15/h15,17-18H,5-14H2,1-4H3/t15-,17-,18+,22+,23-,24+/m0/s1. The molecule has 5 aliphatic rings. The number of ether oxygens (including phenoxy) is 3. The van der Waals surface area contributed by atoms with Crippen molar-refractivity contribution in [2.75, 3.05) is 41.0 Å². The van der Waals surface area contributed by atoms with Crippen LogP contribution in [0.3, 0.4) is 0 Å². The molecular formula is C24H35NO5. The summed E-state index contributed by atoms with van der Waals surface area (Å²) in [6.07, 6.45) is 5.87. The molecule has 2 aliphatic heterocycles. The third-order valence-corrected chi connectivity index (χ3v) is 9.52. The maximum atomic E-state index is 13.1. The molecule has 30 heavy (non-hydrogen) atoms. The van der Waals surface area contributed by atoms with Gasteiger partial charge in [-0.25, -0.2) is 0 Å². The number of rotatable bonds is 3. The van der Waals surface area contributed by atoms with Gasteiger partial charge in [0.15, 0.2) is 11.6 Å². The fourth-order valence-corrected chi connectivity index (χ4v) is 8.12. The Morgan fingerprint density at radius 2 is 2.10 bits per heavy atom. The number of carbonyl (C=O) groups excluding carboxylic acids is 2. The topological polar surface area (TPSA) is 65.1 Å². The van der Waals surface area contributed by atoms with Crippen molar-refractivity contribution in [1.29, 1.82) is 0 Å². The molecule has 0 aromatic carbocycles. The molecule has 0 aromatic heterocycles. The minimum absolute atomic E-state index is 0.0161. The summed E-state index contributed by atoms with van der Waals surface area (Å²) in [5.74, 6) is -0.128. The second-order valence-electron chi connectivity index (χ2n) is 10.4. The van der Waals surface area contributed by atoms with E-state index < -0.39 is 5.79 Å². The molecule has 6 heteroatoms. The van der Waals surface area contributed by atoms with Crippen molar-refractivity contribution in [2.24, 2.45) is 28.6 Å². The highest BCUT2D eigenvalue weighted by Gasteiger charge is 2.70. The summed E-state index contributed by atoms with van der Waals surface area (Å²) in [6, 6.07) is 0. The maximum absolute atomic E-state index is 13.1. The van der Waals surface area contributed by atoms with Gasteiger partial charge < -0.3 is 19.1 Å². The van der Waals surface area contributed by atoms with Gasteiger partial charge in [-0.2, -0.15) is 0 Å². The van der Waals surface area contributed by atoms with Crippen LogP contribution < -0.4 is 0 Å². The lowest BCUT2D eigenvalue weighted by molar-refractivity contribution is -0.294. The summed E-state index contributed by atoms with van der Waals surface area (Å²) in [6.45, 7) is 4.70. The van der Waals surface area contributed by atoms with Gasteiger partial charge in [-0.15, -0.1) is 0 Å². The molecule has 2 bridgehead atoms. The largest absolute Gasteiger partial charge is 0.469 e. The molecule has 0 radical (unpaired) electrons. The fourth-order valence-electron chi connectivity index (χ4n) is 8.12. The molecule has 5 rings (SSSR count). The molecule has 3 fully saturated rings. The Kier molecular flexibility index (Phi) is 4.73. The lowest BCUT2D eigenvalue weighted by Gasteiger charge is -2.62. The van der Waals surface area contributed by atoms with Crippen LogP contribution in [0.2, 0.25) is 0 Å². The van der Waals surface area contributed by atoms with Gasteiger partial charge in [-0.1, -0.05) is 12.5 Å². The molecule has 0 aromatic rings. The van der Waals surface area contributed by atoms with Crippen LogP contribution in [0.15, 0.2) is 11.1 Å². The Morgan fingerprint density at radius 1 is 1.30 bits per heavy atom. The SMILES string of the molecule is CC[C@]1(OC)CC[C@@]2(CO1)[C@H]1CCC3=C4[C@@H](CC3=O)[C@H](C(=O)OC)C[C@]42CN(C)C1. The van der Waals surface area contributed by atoms with Gasteiger partial charge in [-0.3, -0.25) is 9.59 Å². The number of carbonyl (C=O) groups is 2. The molecule has 0 N–H and O–H groups in total. The van der Waals surface area contributed by atoms with Gasteiger partial charge in [0.25, 0.3) is 0 Å². The van der Waals surface area contributed by atoms with E-state index in [1.165, 1.54) is 12.7 Å². The Morgan fingerprint density at radius 3 is 2.73 bits per heavy atom. The van der Waals surface area contributed by atoms with Gasteiger partial charge in [0.1, 0.15) is 0 Å². The van der Waals surface area contributed by atoms with Gasteiger partial charge in [0.05, 0.1) is 19.6 Å². The van der Waals surface area contributed by atoms with Crippen LogP contribution in [-0.4, -0.2) is 63.4 Å². The number of ketones is 1. The van der Waals surface area contributed by atoms with Crippen LogP contribution in [0.4, 0.5) is 0 Å². The average molecular weight is 418 g/mol. The molecule has 2 spiro atoms. The third kappa shape index (κ3) is 2.47. The maximum Gasteiger partial charge on any atom is 0.309 e. The summed E-state index contributed by atoms with van der Waals surface area (Å²) in [5.41, 5.74) is 2.13. The monoisotopic (exact) mass is 417 g/mol. The van der Waals surface area contributed by atoms with Crippen molar-refractivity contribution in [3.8, 4) is 0 Å². The van der Waals surface area contributed by atoms with Crippen molar-refractivity contribution < 1.29 is 23.8 Å². The molecule has 166 valence electrons. The van der Waals surface area contributed by atoms with E-state index in [4.69, 9.17) is 14.2 Å². The number of allylic oxidation sites excluding steroid dienone is 1. The first-order chi connectivity index (χ1) is 14.4. The van der Waals surface area contributed by atoms with E-state index in [1.54, 1.807) is 7.11 Å². The van der Waals surface area contributed by atoms with Crippen molar-refractivity contribution in [3.05, 3.63) is 11.1 Å². The lowest BCUT2D eigenvalue weighted by Crippen LogP contribution is -2.64. The first kappa shape index (κ1) is 20.7. The summed E-state index contributed by atoms with van der Waals surface area (Å²) in [5, 5.41) is 0. The average Bonchev–Trinajstić information content (AvgIpc) is 3.23. The number of esters is 1. The number of hydrogen-bond acceptors (Lipinski definition) is 6. The number of piperidine rings is 1. The van der Waals surface area contributed by atoms with E-state index in [0.29, 0.717) is 18.9 Å². The van der Waals surface area contributed by atoms with Crippen molar-refractivity contribution in [3.63, 3.8) is 0 Å². The highest BCUT2D eigenvalue weighted by molar-refractivity contribution is 6.01. The fraction of sp³-hybridized carbons (Fsp3) is 0.833. The zero-order valence-electron chi connectivity index (χ0n) is 18.8. The Hall–Kier alpha value is -1.24. The number of hydrogen-bond donors (Lipinski definition) is 0. The van der Waals surface area contributed by atoms with Crippen LogP contribution in [0.1, 0.15) is 51.9 Å². The first-order valence-corrected chi connectivity index (χ1v) is 11.6. The molecule has 6 atom stereocenters. The van der Waals surface area contributed by atoms with Crippen LogP contribution in [0.5, 0.6) is 0 Å². The summed E-state index contributed by atoms with van der Waals surface area (Å²) < 4.78 is 17.6. The zero-order valence-corrected chi connectivity index (χ0v) is 18.8. The molecule has 6 nitrogen and oxygen atoms in total. The minimum atomic E-state index is -0.503. The predicted molar refractivity (Wildman–Crippen MR) is 111 cm³/mol.